The minimum absolute atomic E-state index is 0.108. The second-order valence-corrected chi connectivity index (χ2v) is 11.1. The molecule has 8 nitrogen and oxygen atoms in total. The van der Waals surface area contributed by atoms with Gasteiger partial charge >= 0.3 is 6.03 Å². The molecule has 1 unspecified atom stereocenters. The molecule has 4 N–H and O–H groups in total. The molecule has 3 heterocycles. The van der Waals surface area contributed by atoms with Gasteiger partial charge in [0.1, 0.15) is 16.9 Å². The summed E-state index contributed by atoms with van der Waals surface area (Å²) in [6, 6.07) is 15.3. The van der Waals surface area contributed by atoms with Crippen molar-refractivity contribution in [1.29, 1.82) is 0 Å². The van der Waals surface area contributed by atoms with E-state index in [-0.39, 0.29) is 23.4 Å². The molecule has 1 atom stereocenters. The van der Waals surface area contributed by atoms with Gasteiger partial charge in [-0.3, -0.25) is 4.79 Å². The van der Waals surface area contributed by atoms with Crippen LogP contribution in [0.1, 0.15) is 31.2 Å². The molecule has 0 radical (unpaired) electrons. The summed E-state index contributed by atoms with van der Waals surface area (Å²) in [5.74, 6) is 1.41. The number of nitrogens with zero attached hydrogens (tertiary/aromatic N) is 1. The van der Waals surface area contributed by atoms with Gasteiger partial charge in [-0.15, -0.1) is 0 Å². The quantitative estimate of drug-likeness (QED) is 0.349. The van der Waals surface area contributed by atoms with E-state index in [0.29, 0.717) is 10.6 Å². The molecule has 1 saturated carbocycles. The molecule has 3 aliphatic heterocycles. The van der Waals surface area contributed by atoms with Gasteiger partial charge in [0.05, 0.1) is 28.4 Å². The van der Waals surface area contributed by atoms with Crippen LogP contribution in [0.5, 0.6) is 11.5 Å². The van der Waals surface area contributed by atoms with E-state index in [1.165, 1.54) is 23.9 Å². The van der Waals surface area contributed by atoms with Crippen LogP contribution in [0.4, 0.5) is 10.5 Å². The van der Waals surface area contributed by atoms with Crippen molar-refractivity contribution in [2.45, 2.75) is 44.0 Å². The number of thioether (sulfide) groups is 1. The van der Waals surface area contributed by atoms with E-state index < -0.39 is 0 Å². The van der Waals surface area contributed by atoms with E-state index in [1.54, 1.807) is 4.31 Å². The largest absolute Gasteiger partial charge is 0.457 e. The number of para-hydroxylation sites is 1. The Morgan fingerprint density at radius 3 is 2.73 bits per heavy atom. The third-order valence-electron chi connectivity index (χ3n) is 6.71. The van der Waals surface area contributed by atoms with E-state index in [2.05, 4.69) is 20.7 Å². The first-order chi connectivity index (χ1) is 18.1. The minimum atomic E-state index is -0.299. The van der Waals surface area contributed by atoms with Gasteiger partial charge in [0.2, 0.25) is 0 Å². The molecule has 2 aromatic carbocycles. The van der Waals surface area contributed by atoms with Gasteiger partial charge in [0.15, 0.2) is 0 Å². The van der Waals surface area contributed by atoms with Crippen molar-refractivity contribution in [3.8, 4) is 11.5 Å². The SMILES string of the molecule is Cc1cc(Oc2ccccc2)ccc1NSN1C(=O)NC2=C(C(=O)NC3CCCC3)SC3NC=CC1=C23. The molecule has 1 aliphatic carbocycles. The molecule has 0 saturated heterocycles. The number of hydrogen-bond donors (Lipinski definition) is 4. The summed E-state index contributed by atoms with van der Waals surface area (Å²) in [5, 5.41) is 9.31. The number of rotatable bonds is 7. The highest BCUT2D eigenvalue weighted by Gasteiger charge is 2.43. The number of allylic oxidation sites excluding steroid dienone is 1. The number of nitrogens with one attached hydrogen (secondary N) is 4. The third-order valence-corrected chi connectivity index (χ3v) is 8.80. The lowest BCUT2D eigenvalue weighted by Gasteiger charge is -2.33. The van der Waals surface area contributed by atoms with Crippen LogP contribution in [0.2, 0.25) is 0 Å². The highest BCUT2D eigenvalue weighted by molar-refractivity contribution is 8.05. The zero-order chi connectivity index (χ0) is 25.4. The van der Waals surface area contributed by atoms with E-state index in [9.17, 15) is 9.59 Å². The molecule has 6 rings (SSSR count). The molecule has 1 fully saturated rings. The van der Waals surface area contributed by atoms with E-state index in [1.807, 2.05) is 67.7 Å². The fourth-order valence-electron chi connectivity index (χ4n) is 4.85. The lowest BCUT2D eigenvalue weighted by atomic mass is 10.0. The van der Waals surface area contributed by atoms with Crippen LogP contribution >= 0.6 is 23.9 Å². The highest BCUT2D eigenvalue weighted by Crippen LogP contribution is 2.46. The van der Waals surface area contributed by atoms with Crippen LogP contribution < -0.4 is 25.4 Å². The predicted octanol–water partition coefficient (Wildman–Crippen LogP) is 5.50. The molecule has 4 aliphatic rings. The Morgan fingerprint density at radius 1 is 1.14 bits per heavy atom. The van der Waals surface area contributed by atoms with Gasteiger partial charge in [0, 0.05) is 17.3 Å². The van der Waals surface area contributed by atoms with Gasteiger partial charge < -0.3 is 25.4 Å². The predicted molar refractivity (Wildman–Crippen MR) is 147 cm³/mol. The van der Waals surface area contributed by atoms with Crippen molar-refractivity contribution >= 4 is 41.5 Å². The first-order valence-corrected chi connectivity index (χ1v) is 14.0. The van der Waals surface area contributed by atoms with Crippen molar-refractivity contribution in [1.82, 2.24) is 20.3 Å². The number of carbonyl (C=O) groups is 2. The fourth-order valence-corrected chi connectivity index (χ4v) is 6.84. The Labute approximate surface area is 224 Å². The molecule has 0 spiro atoms. The summed E-state index contributed by atoms with van der Waals surface area (Å²) in [5.41, 5.74) is 4.14. The number of amides is 3. The summed E-state index contributed by atoms with van der Waals surface area (Å²) in [7, 11) is 0. The maximum atomic E-state index is 13.2. The molecule has 3 amide bonds. The zero-order valence-electron chi connectivity index (χ0n) is 20.2. The normalized spacial score (nSPS) is 20.5. The summed E-state index contributed by atoms with van der Waals surface area (Å²) in [6.45, 7) is 1.99. The van der Waals surface area contributed by atoms with Crippen molar-refractivity contribution in [2.75, 3.05) is 4.72 Å². The van der Waals surface area contributed by atoms with Gasteiger partial charge in [-0.1, -0.05) is 42.8 Å². The Hall–Kier alpha value is -3.50. The lowest BCUT2D eigenvalue weighted by Crippen LogP contribution is -2.44. The van der Waals surface area contributed by atoms with Crippen LogP contribution in [0.15, 0.2) is 82.7 Å². The van der Waals surface area contributed by atoms with E-state index >= 15 is 0 Å². The van der Waals surface area contributed by atoms with Crippen LogP contribution in [0.3, 0.4) is 0 Å². The van der Waals surface area contributed by atoms with Crippen LogP contribution in [0, 0.1) is 6.92 Å². The number of ether oxygens (including phenoxy) is 1. The standard InChI is InChI=1S/C27H27N5O3S2/c1-16-15-19(35-18-9-3-2-4-10-18)11-12-20(16)31-37-32-21-13-14-28-26-22(21)23(30-27(32)34)24(36-26)25(33)29-17-7-5-6-8-17/h2-4,9-15,17,26,28,31H,5-8H2,1H3,(H,29,33)(H,30,34). The summed E-state index contributed by atoms with van der Waals surface area (Å²) in [4.78, 5) is 26.8. The second-order valence-electron chi connectivity index (χ2n) is 9.27. The minimum Gasteiger partial charge on any atom is -0.457 e. The molecular formula is C27H27N5O3S2. The van der Waals surface area contributed by atoms with Crippen LogP contribution in [-0.2, 0) is 4.79 Å². The Bertz CT molecular complexity index is 1330. The van der Waals surface area contributed by atoms with Gasteiger partial charge in [-0.25, -0.2) is 9.10 Å². The maximum absolute atomic E-state index is 13.2. The van der Waals surface area contributed by atoms with E-state index in [0.717, 1.165) is 59.7 Å². The van der Waals surface area contributed by atoms with Crippen LogP contribution in [0.25, 0.3) is 0 Å². The smallest absolute Gasteiger partial charge is 0.337 e. The van der Waals surface area contributed by atoms with E-state index in [4.69, 9.17) is 4.74 Å². The van der Waals surface area contributed by atoms with Crippen molar-refractivity contribution in [2.24, 2.45) is 0 Å². The highest BCUT2D eigenvalue weighted by atomic mass is 32.2. The lowest BCUT2D eigenvalue weighted by molar-refractivity contribution is -0.117. The number of benzene rings is 2. The van der Waals surface area contributed by atoms with Gasteiger partial charge in [-0.2, -0.15) is 0 Å². The van der Waals surface area contributed by atoms with Crippen molar-refractivity contribution in [3.05, 3.63) is 88.2 Å². The Balaban J connectivity index is 1.19. The van der Waals surface area contributed by atoms with Crippen molar-refractivity contribution < 1.29 is 14.3 Å². The van der Waals surface area contributed by atoms with Crippen molar-refractivity contribution in [3.63, 3.8) is 0 Å². The number of aryl methyl sites for hydroxylation is 1. The average molecular weight is 534 g/mol. The molecule has 10 heteroatoms. The topological polar surface area (TPSA) is 94.7 Å². The monoisotopic (exact) mass is 533 g/mol. The molecular weight excluding hydrogens is 506 g/mol. The Kier molecular flexibility index (Phi) is 6.52. The fraction of sp³-hybridized carbons (Fsp3) is 0.259. The number of urea groups is 1. The number of anilines is 1. The molecule has 37 heavy (non-hydrogen) atoms. The average Bonchev–Trinajstić information content (AvgIpc) is 3.54. The van der Waals surface area contributed by atoms with Crippen LogP contribution in [-0.4, -0.2) is 27.7 Å². The number of dihydropyridines is 1. The maximum Gasteiger partial charge on any atom is 0.337 e. The third kappa shape index (κ3) is 4.78. The molecule has 0 bridgehead atoms. The molecule has 190 valence electrons. The zero-order valence-corrected chi connectivity index (χ0v) is 21.9. The summed E-state index contributed by atoms with van der Waals surface area (Å²) < 4.78 is 10.8. The number of hydrogen-bond acceptors (Lipinski definition) is 7. The number of carbonyl (C=O) groups excluding carboxylic acids is 2. The summed E-state index contributed by atoms with van der Waals surface area (Å²) >= 11 is 2.65. The Morgan fingerprint density at radius 2 is 1.95 bits per heavy atom. The van der Waals surface area contributed by atoms with Gasteiger partial charge in [0.25, 0.3) is 5.91 Å². The second kappa shape index (κ2) is 10.1. The first kappa shape index (κ1) is 23.9. The molecule has 0 aromatic heterocycles. The summed E-state index contributed by atoms with van der Waals surface area (Å²) in [6.07, 6.45) is 8.02. The van der Waals surface area contributed by atoms with Gasteiger partial charge in [-0.05, 0) is 67.9 Å². The molecule has 2 aromatic rings. The first-order valence-electron chi connectivity index (χ1n) is 12.3.